The van der Waals surface area contributed by atoms with Gasteiger partial charge in [0, 0.05) is 12.1 Å². The van der Waals surface area contributed by atoms with Crippen LogP contribution in [0.4, 0.5) is 5.95 Å². The minimum atomic E-state index is 0.416. The number of aromatic nitrogens is 2. The molecule has 0 bridgehead atoms. The molecule has 0 amide bonds. The first-order valence-electron chi connectivity index (χ1n) is 4.92. The lowest BCUT2D eigenvalue weighted by atomic mass is 9.86. The van der Waals surface area contributed by atoms with E-state index in [0.29, 0.717) is 11.9 Å². The Morgan fingerprint density at radius 2 is 2.46 bits per heavy atom. The molecule has 0 aliphatic heterocycles. The quantitative estimate of drug-likeness (QED) is 0.712. The summed E-state index contributed by atoms with van der Waals surface area (Å²) in [5.74, 6) is 1.02. The van der Waals surface area contributed by atoms with Crippen molar-refractivity contribution in [2.24, 2.45) is 0 Å². The molecule has 13 heavy (non-hydrogen) atoms. The van der Waals surface area contributed by atoms with Gasteiger partial charge in [-0.15, -0.1) is 0 Å². The molecule has 1 aromatic rings. The first kappa shape index (κ1) is 8.48. The second-order valence-electron chi connectivity index (χ2n) is 3.64. The number of hydrogen-bond acceptors (Lipinski definition) is 3. The van der Waals surface area contributed by atoms with Crippen molar-refractivity contribution in [1.82, 2.24) is 9.97 Å². The molecular weight excluding hydrogens is 162 g/mol. The summed E-state index contributed by atoms with van der Waals surface area (Å²) < 4.78 is 0. The van der Waals surface area contributed by atoms with Gasteiger partial charge in [0.2, 0.25) is 5.95 Å². The summed E-state index contributed by atoms with van der Waals surface area (Å²) in [5, 5.41) is 0. The van der Waals surface area contributed by atoms with Gasteiger partial charge in [-0.3, -0.25) is 0 Å². The van der Waals surface area contributed by atoms with Crippen LogP contribution in [0.25, 0.3) is 0 Å². The van der Waals surface area contributed by atoms with Crippen LogP contribution in [0.2, 0.25) is 0 Å². The second kappa shape index (κ2) is 3.32. The van der Waals surface area contributed by atoms with E-state index in [1.807, 2.05) is 6.20 Å². The molecule has 1 aliphatic carbocycles. The molecule has 3 heteroatoms. The van der Waals surface area contributed by atoms with E-state index in [-0.39, 0.29) is 0 Å². The topological polar surface area (TPSA) is 51.8 Å². The van der Waals surface area contributed by atoms with Crippen molar-refractivity contribution >= 4 is 5.95 Å². The smallest absolute Gasteiger partial charge is 0.220 e. The van der Waals surface area contributed by atoms with Crippen molar-refractivity contribution < 1.29 is 0 Å². The van der Waals surface area contributed by atoms with Crippen molar-refractivity contribution in [2.45, 2.75) is 38.5 Å². The van der Waals surface area contributed by atoms with E-state index in [9.17, 15) is 0 Å². The first-order chi connectivity index (χ1) is 6.31. The minimum Gasteiger partial charge on any atom is -0.368 e. The van der Waals surface area contributed by atoms with Crippen LogP contribution in [0, 0.1) is 0 Å². The maximum Gasteiger partial charge on any atom is 0.220 e. The highest BCUT2D eigenvalue weighted by Crippen LogP contribution is 2.31. The molecule has 2 rings (SSSR count). The fraction of sp³-hybridized carbons (Fsp3) is 0.600. The predicted octanol–water partition coefficient (Wildman–Crippen LogP) is 1.89. The van der Waals surface area contributed by atoms with Crippen molar-refractivity contribution in [2.75, 3.05) is 5.73 Å². The van der Waals surface area contributed by atoms with E-state index in [4.69, 9.17) is 5.73 Å². The van der Waals surface area contributed by atoms with Crippen molar-refractivity contribution in [1.29, 1.82) is 0 Å². The molecule has 1 aliphatic rings. The standard InChI is InChI=1S/C10H15N3/c1-2-7-4-3-5-8-6-12-10(11)13-9(7)8/h6-7H,2-5H2,1H3,(H2,11,12,13). The fourth-order valence-corrected chi connectivity index (χ4v) is 2.05. The van der Waals surface area contributed by atoms with Gasteiger partial charge in [-0.25, -0.2) is 9.97 Å². The van der Waals surface area contributed by atoms with Gasteiger partial charge in [0.15, 0.2) is 0 Å². The number of anilines is 1. The number of nitrogen functional groups attached to an aromatic ring is 1. The van der Waals surface area contributed by atoms with Crippen molar-refractivity contribution in [3.8, 4) is 0 Å². The molecule has 0 aromatic carbocycles. The third kappa shape index (κ3) is 1.50. The lowest BCUT2D eigenvalue weighted by Gasteiger charge is -2.22. The zero-order valence-electron chi connectivity index (χ0n) is 7.95. The number of aryl methyl sites for hydroxylation is 1. The number of hydrogen-bond donors (Lipinski definition) is 1. The van der Waals surface area contributed by atoms with Gasteiger partial charge in [-0.2, -0.15) is 0 Å². The third-order valence-electron chi connectivity index (χ3n) is 2.79. The number of nitrogens with two attached hydrogens (primary N) is 1. The van der Waals surface area contributed by atoms with Crippen LogP contribution in [0.1, 0.15) is 43.4 Å². The Hall–Kier alpha value is -1.12. The van der Waals surface area contributed by atoms with Crippen LogP contribution in [-0.2, 0) is 6.42 Å². The van der Waals surface area contributed by atoms with Crippen LogP contribution in [0.15, 0.2) is 6.20 Å². The Labute approximate surface area is 78.4 Å². The fourth-order valence-electron chi connectivity index (χ4n) is 2.05. The molecule has 0 saturated heterocycles. The summed E-state index contributed by atoms with van der Waals surface area (Å²) in [7, 11) is 0. The lowest BCUT2D eigenvalue weighted by molar-refractivity contribution is 0.523. The molecule has 1 heterocycles. The summed E-state index contributed by atoms with van der Waals surface area (Å²) in [6.45, 7) is 2.21. The monoisotopic (exact) mass is 177 g/mol. The van der Waals surface area contributed by atoms with Crippen molar-refractivity contribution in [3.05, 3.63) is 17.5 Å². The van der Waals surface area contributed by atoms with E-state index < -0.39 is 0 Å². The van der Waals surface area contributed by atoms with Gasteiger partial charge in [0.25, 0.3) is 0 Å². The summed E-state index contributed by atoms with van der Waals surface area (Å²) >= 11 is 0. The second-order valence-corrected chi connectivity index (χ2v) is 3.64. The highest BCUT2D eigenvalue weighted by Gasteiger charge is 2.20. The van der Waals surface area contributed by atoms with E-state index in [1.165, 1.54) is 24.1 Å². The van der Waals surface area contributed by atoms with E-state index in [0.717, 1.165) is 12.8 Å². The molecular formula is C10H15N3. The lowest BCUT2D eigenvalue weighted by Crippen LogP contribution is -2.13. The Bertz CT molecular complexity index is 309. The molecule has 2 N–H and O–H groups in total. The number of rotatable bonds is 1. The SMILES string of the molecule is CCC1CCCc2cnc(N)nc21. The van der Waals surface area contributed by atoms with E-state index >= 15 is 0 Å². The Balaban J connectivity index is 2.41. The van der Waals surface area contributed by atoms with Crippen LogP contribution in [0.5, 0.6) is 0 Å². The molecule has 0 radical (unpaired) electrons. The maximum atomic E-state index is 5.58. The average molecular weight is 177 g/mol. The highest BCUT2D eigenvalue weighted by molar-refractivity contribution is 5.29. The molecule has 70 valence electrons. The van der Waals surface area contributed by atoms with Crippen LogP contribution >= 0.6 is 0 Å². The van der Waals surface area contributed by atoms with E-state index in [1.54, 1.807) is 0 Å². The molecule has 1 aromatic heterocycles. The Kier molecular flexibility index (Phi) is 2.17. The largest absolute Gasteiger partial charge is 0.368 e. The third-order valence-corrected chi connectivity index (χ3v) is 2.79. The Morgan fingerprint density at radius 3 is 3.23 bits per heavy atom. The maximum absolute atomic E-state index is 5.58. The van der Waals surface area contributed by atoms with E-state index in [2.05, 4.69) is 16.9 Å². The zero-order valence-corrected chi connectivity index (χ0v) is 7.95. The highest BCUT2D eigenvalue weighted by atomic mass is 15.0. The van der Waals surface area contributed by atoms with Crippen LogP contribution < -0.4 is 5.73 Å². The molecule has 0 saturated carbocycles. The van der Waals surface area contributed by atoms with Gasteiger partial charge in [0.1, 0.15) is 0 Å². The molecule has 1 unspecified atom stereocenters. The Morgan fingerprint density at radius 1 is 1.62 bits per heavy atom. The van der Waals surface area contributed by atoms with Crippen molar-refractivity contribution in [3.63, 3.8) is 0 Å². The minimum absolute atomic E-state index is 0.416. The summed E-state index contributed by atoms with van der Waals surface area (Å²) in [4.78, 5) is 8.36. The zero-order chi connectivity index (χ0) is 9.26. The predicted molar refractivity (Wildman–Crippen MR) is 52.4 cm³/mol. The normalized spacial score (nSPS) is 21.2. The van der Waals surface area contributed by atoms with Gasteiger partial charge in [-0.05, 0) is 31.2 Å². The van der Waals surface area contributed by atoms with Gasteiger partial charge in [-0.1, -0.05) is 6.92 Å². The average Bonchev–Trinajstić information content (AvgIpc) is 2.17. The number of nitrogens with zero attached hydrogens (tertiary/aromatic N) is 2. The molecule has 1 atom stereocenters. The van der Waals surface area contributed by atoms with Gasteiger partial charge in [0.05, 0.1) is 5.69 Å². The molecule has 3 nitrogen and oxygen atoms in total. The molecule has 0 spiro atoms. The first-order valence-corrected chi connectivity index (χ1v) is 4.92. The summed E-state index contributed by atoms with van der Waals surface area (Å²) in [6, 6.07) is 0. The summed E-state index contributed by atoms with van der Waals surface area (Å²) in [5.41, 5.74) is 8.07. The van der Waals surface area contributed by atoms with Crippen LogP contribution in [-0.4, -0.2) is 9.97 Å². The molecule has 0 fully saturated rings. The van der Waals surface area contributed by atoms with Gasteiger partial charge < -0.3 is 5.73 Å². The van der Waals surface area contributed by atoms with Gasteiger partial charge >= 0.3 is 0 Å². The van der Waals surface area contributed by atoms with Crippen LogP contribution in [0.3, 0.4) is 0 Å². The summed E-state index contributed by atoms with van der Waals surface area (Å²) in [6.07, 6.45) is 6.67. The number of fused-ring (bicyclic) bond motifs is 1.